The van der Waals surface area contributed by atoms with Crippen LogP contribution in [-0.4, -0.2) is 61.5 Å². The second-order valence-corrected chi connectivity index (χ2v) is 9.22. The molecule has 8 nitrogen and oxygen atoms in total. The van der Waals surface area contributed by atoms with Crippen LogP contribution in [0.3, 0.4) is 0 Å². The summed E-state index contributed by atoms with van der Waals surface area (Å²) in [6.07, 6.45) is 0.0435. The lowest BCUT2D eigenvalue weighted by Crippen LogP contribution is -2.47. The highest BCUT2D eigenvalue weighted by molar-refractivity contribution is 7.10. The SMILES string of the molecule is NC(=O)CNC(=O)c1csc(CC(=O)NC[C@H]2CN(Cc3ccc(Cl)c(Cl)c3)CCO2)c1. The molecule has 3 amide bonds. The molecule has 1 fully saturated rings. The van der Waals surface area contributed by atoms with E-state index in [1.807, 2.05) is 12.1 Å². The molecular weight excluding hydrogens is 475 g/mol. The van der Waals surface area contributed by atoms with Gasteiger partial charge < -0.3 is 21.1 Å². The number of amides is 3. The number of carbonyl (C=O) groups is 3. The molecule has 1 aromatic heterocycles. The molecule has 11 heteroatoms. The van der Waals surface area contributed by atoms with Crippen LogP contribution in [0.5, 0.6) is 0 Å². The fourth-order valence-corrected chi connectivity index (χ4v) is 4.44. The zero-order chi connectivity index (χ0) is 23.1. The quantitative estimate of drug-likeness (QED) is 0.487. The van der Waals surface area contributed by atoms with Crippen molar-refractivity contribution in [3.05, 3.63) is 55.7 Å². The van der Waals surface area contributed by atoms with E-state index < -0.39 is 11.8 Å². The third-order valence-electron chi connectivity index (χ3n) is 4.81. The van der Waals surface area contributed by atoms with Crippen LogP contribution in [0.4, 0.5) is 0 Å². The van der Waals surface area contributed by atoms with Crippen molar-refractivity contribution >= 4 is 52.3 Å². The number of nitrogens with zero attached hydrogens (tertiary/aromatic N) is 1. The van der Waals surface area contributed by atoms with Gasteiger partial charge in [0.15, 0.2) is 0 Å². The lowest BCUT2D eigenvalue weighted by molar-refractivity contribution is -0.121. The number of hydrogen-bond acceptors (Lipinski definition) is 6. The van der Waals surface area contributed by atoms with Gasteiger partial charge in [0, 0.05) is 36.4 Å². The standard InChI is InChI=1S/C21H24Cl2N4O4S/c22-17-2-1-13(5-18(17)23)10-27-3-4-31-15(11-27)8-25-20(29)7-16-6-14(12-32-16)21(30)26-9-19(24)28/h1-2,5-6,12,15H,3-4,7-11H2,(H2,24,28)(H,25,29)(H,26,30)/t15-/m0/s1. The summed E-state index contributed by atoms with van der Waals surface area (Å²) in [5.41, 5.74) is 6.48. The predicted molar refractivity (Wildman–Crippen MR) is 124 cm³/mol. The summed E-state index contributed by atoms with van der Waals surface area (Å²) < 4.78 is 5.78. The summed E-state index contributed by atoms with van der Waals surface area (Å²) in [5.74, 6) is -1.17. The molecule has 1 saturated heterocycles. The molecule has 0 unspecified atom stereocenters. The van der Waals surface area contributed by atoms with Crippen molar-refractivity contribution < 1.29 is 19.1 Å². The summed E-state index contributed by atoms with van der Waals surface area (Å²) in [6.45, 7) is 2.95. The van der Waals surface area contributed by atoms with E-state index in [1.54, 1.807) is 17.5 Å². The van der Waals surface area contributed by atoms with E-state index in [4.69, 9.17) is 33.7 Å². The zero-order valence-electron chi connectivity index (χ0n) is 17.2. The minimum Gasteiger partial charge on any atom is -0.374 e. The Bertz CT molecular complexity index is 984. The Kier molecular flexibility index (Phi) is 8.89. The number of primary amides is 1. The number of nitrogens with one attached hydrogen (secondary N) is 2. The van der Waals surface area contributed by atoms with Crippen molar-refractivity contribution in [2.24, 2.45) is 5.73 Å². The van der Waals surface area contributed by atoms with Gasteiger partial charge in [-0.2, -0.15) is 0 Å². The van der Waals surface area contributed by atoms with E-state index in [0.717, 1.165) is 23.5 Å². The smallest absolute Gasteiger partial charge is 0.252 e. The Balaban J connectivity index is 1.43. The van der Waals surface area contributed by atoms with Gasteiger partial charge in [-0.05, 0) is 23.8 Å². The van der Waals surface area contributed by atoms with Crippen molar-refractivity contribution in [3.8, 4) is 0 Å². The second kappa shape index (κ2) is 11.6. The number of hydrogen-bond donors (Lipinski definition) is 3. The first-order chi connectivity index (χ1) is 15.3. The summed E-state index contributed by atoms with van der Waals surface area (Å²) in [7, 11) is 0. The summed E-state index contributed by atoms with van der Waals surface area (Å²) >= 11 is 13.4. The van der Waals surface area contributed by atoms with Gasteiger partial charge in [-0.15, -0.1) is 11.3 Å². The number of thiophene rings is 1. The van der Waals surface area contributed by atoms with Crippen LogP contribution in [-0.2, 0) is 27.3 Å². The van der Waals surface area contributed by atoms with Gasteiger partial charge in [0.05, 0.1) is 41.3 Å². The molecule has 2 heterocycles. The van der Waals surface area contributed by atoms with E-state index in [2.05, 4.69) is 15.5 Å². The first-order valence-corrected chi connectivity index (χ1v) is 11.6. The molecule has 0 bridgehead atoms. The number of ether oxygens (including phenoxy) is 1. The van der Waals surface area contributed by atoms with E-state index in [1.165, 1.54) is 11.3 Å². The average molecular weight is 499 g/mol. The van der Waals surface area contributed by atoms with Gasteiger partial charge in [-0.25, -0.2) is 0 Å². The third kappa shape index (κ3) is 7.46. The van der Waals surface area contributed by atoms with Gasteiger partial charge >= 0.3 is 0 Å². The highest BCUT2D eigenvalue weighted by Crippen LogP contribution is 2.23. The molecule has 3 rings (SSSR count). The summed E-state index contributed by atoms with van der Waals surface area (Å²) in [5, 5.41) is 8.02. The second-order valence-electron chi connectivity index (χ2n) is 7.41. The fourth-order valence-electron chi connectivity index (χ4n) is 3.25. The Labute approximate surface area is 200 Å². The minimum absolute atomic E-state index is 0.117. The highest BCUT2D eigenvalue weighted by atomic mass is 35.5. The van der Waals surface area contributed by atoms with Crippen molar-refractivity contribution in [3.63, 3.8) is 0 Å². The van der Waals surface area contributed by atoms with E-state index >= 15 is 0 Å². The summed E-state index contributed by atoms with van der Waals surface area (Å²) in [6, 6.07) is 7.23. The maximum absolute atomic E-state index is 12.3. The molecule has 2 aromatic rings. The molecule has 32 heavy (non-hydrogen) atoms. The lowest BCUT2D eigenvalue weighted by atomic mass is 10.2. The topological polar surface area (TPSA) is 114 Å². The van der Waals surface area contributed by atoms with Crippen LogP contribution in [0.2, 0.25) is 10.0 Å². The lowest BCUT2D eigenvalue weighted by Gasteiger charge is -2.33. The van der Waals surface area contributed by atoms with Crippen LogP contribution in [0.15, 0.2) is 29.6 Å². The normalized spacial score (nSPS) is 16.5. The van der Waals surface area contributed by atoms with Crippen molar-refractivity contribution in [1.82, 2.24) is 15.5 Å². The first-order valence-electron chi connectivity index (χ1n) is 9.98. The third-order valence-corrected chi connectivity index (χ3v) is 6.49. The van der Waals surface area contributed by atoms with Crippen molar-refractivity contribution in [2.75, 3.05) is 32.8 Å². The maximum Gasteiger partial charge on any atom is 0.252 e. The first kappa shape index (κ1) is 24.5. The molecule has 0 saturated carbocycles. The zero-order valence-corrected chi connectivity index (χ0v) is 19.6. The van der Waals surface area contributed by atoms with Crippen LogP contribution >= 0.6 is 34.5 Å². The Hall–Kier alpha value is -2.17. The van der Waals surface area contributed by atoms with Crippen LogP contribution < -0.4 is 16.4 Å². The van der Waals surface area contributed by atoms with Crippen molar-refractivity contribution in [2.45, 2.75) is 19.1 Å². The van der Waals surface area contributed by atoms with Gasteiger partial charge in [-0.3, -0.25) is 19.3 Å². The minimum atomic E-state index is -0.617. The van der Waals surface area contributed by atoms with Gasteiger partial charge in [0.25, 0.3) is 5.91 Å². The van der Waals surface area contributed by atoms with Crippen LogP contribution in [0.25, 0.3) is 0 Å². The number of nitrogens with two attached hydrogens (primary N) is 1. The number of carbonyl (C=O) groups excluding carboxylic acids is 3. The highest BCUT2D eigenvalue weighted by Gasteiger charge is 2.21. The Morgan fingerprint density at radius 1 is 1.19 bits per heavy atom. The maximum atomic E-state index is 12.3. The molecule has 1 aromatic carbocycles. The number of halogens is 2. The van der Waals surface area contributed by atoms with E-state index in [9.17, 15) is 14.4 Å². The molecule has 0 spiro atoms. The number of morpholine rings is 1. The molecular formula is C21H24Cl2N4O4S. The molecule has 1 aliphatic rings. The van der Waals surface area contributed by atoms with E-state index in [-0.39, 0.29) is 25.0 Å². The molecule has 1 aliphatic heterocycles. The van der Waals surface area contributed by atoms with Gasteiger partial charge in [0.2, 0.25) is 11.8 Å². The Morgan fingerprint density at radius 2 is 2.00 bits per heavy atom. The molecule has 1 atom stereocenters. The Morgan fingerprint density at radius 3 is 2.75 bits per heavy atom. The molecule has 0 aliphatic carbocycles. The van der Waals surface area contributed by atoms with Crippen LogP contribution in [0.1, 0.15) is 20.8 Å². The van der Waals surface area contributed by atoms with Crippen LogP contribution in [0, 0.1) is 0 Å². The molecule has 0 radical (unpaired) electrons. The predicted octanol–water partition coefficient (Wildman–Crippen LogP) is 1.83. The number of benzene rings is 1. The van der Waals surface area contributed by atoms with Gasteiger partial charge in [-0.1, -0.05) is 29.3 Å². The van der Waals surface area contributed by atoms with E-state index in [0.29, 0.717) is 35.3 Å². The molecule has 172 valence electrons. The van der Waals surface area contributed by atoms with Crippen molar-refractivity contribution in [1.29, 1.82) is 0 Å². The summed E-state index contributed by atoms with van der Waals surface area (Å²) in [4.78, 5) is 38.0. The van der Waals surface area contributed by atoms with Gasteiger partial charge in [0.1, 0.15) is 0 Å². The monoisotopic (exact) mass is 498 g/mol. The largest absolute Gasteiger partial charge is 0.374 e. The fraction of sp³-hybridized carbons (Fsp3) is 0.381. The number of rotatable bonds is 9. The molecule has 4 N–H and O–H groups in total. The average Bonchev–Trinajstić information content (AvgIpc) is 3.22.